The Kier molecular flexibility index (Phi) is 18.6. The SMILES string of the molecule is C=C1C=CC(c2cccc(S)c2)=CC1S.CCCCCCCCOC(=O)c1ccccc1C(=O)OCCCCCCCC. The van der Waals surface area contributed by atoms with Gasteiger partial charge in [0.2, 0.25) is 0 Å². The van der Waals surface area contributed by atoms with Crippen molar-refractivity contribution in [3.63, 3.8) is 0 Å². The van der Waals surface area contributed by atoms with Crippen LogP contribution in [0.1, 0.15) is 117 Å². The van der Waals surface area contributed by atoms with Gasteiger partial charge in [-0.05, 0) is 53.8 Å². The second kappa shape index (κ2) is 21.9. The van der Waals surface area contributed by atoms with Crippen molar-refractivity contribution >= 4 is 42.8 Å². The van der Waals surface area contributed by atoms with E-state index in [0.29, 0.717) is 24.3 Å². The lowest BCUT2D eigenvalue weighted by molar-refractivity contribution is 0.0450. The van der Waals surface area contributed by atoms with Gasteiger partial charge >= 0.3 is 11.9 Å². The quantitative estimate of drug-likeness (QED) is 0.105. The number of thiol groups is 2. The van der Waals surface area contributed by atoms with Gasteiger partial charge in [0.25, 0.3) is 0 Å². The topological polar surface area (TPSA) is 52.6 Å². The van der Waals surface area contributed by atoms with E-state index in [1.165, 1.54) is 62.5 Å². The van der Waals surface area contributed by atoms with E-state index in [2.05, 4.69) is 63.9 Å². The largest absolute Gasteiger partial charge is 0.462 e. The van der Waals surface area contributed by atoms with Crippen LogP contribution in [0.15, 0.2) is 83.8 Å². The molecule has 43 heavy (non-hydrogen) atoms. The van der Waals surface area contributed by atoms with E-state index in [4.69, 9.17) is 9.47 Å². The number of rotatable bonds is 17. The van der Waals surface area contributed by atoms with Crippen LogP contribution in [0.5, 0.6) is 0 Å². The molecule has 0 amide bonds. The highest BCUT2D eigenvalue weighted by Crippen LogP contribution is 2.27. The van der Waals surface area contributed by atoms with Crippen LogP contribution in [0, 0.1) is 0 Å². The molecule has 0 fully saturated rings. The minimum atomic E-state index is -0.444. The predicted octanol–water partition coefficient (Wildman–Crippen LogP) is 10.5. The number of ether oxygens (including phenoxy) is 2. The Balaban J connectivity index is 0.000000358. The summed E-state index contributed by atoms with van der Waals surface area (Å²) in [5.41, 5.74) is 3.97. The second-order valence-corrected chi connectivity index (χ2v) is 12.0. The van der Waals surface area contributed by atoms with Gasteiger partial charge in [-0.3, -0.25) is 0 Å². The summed E-state index contributed by atoms with van der Waals surface area (Å²) >= 11 is 8.77. The molecular formula is C37H50O4S2. The van der Waals surface area contributed by atoms with Crippen molar-refractivity contribution in [3.8, 4) is 0 Å². The fraction of sp³-hybridized carbons (Fsp3) is 0.459. The van der Waals surface area contributed by atoms with E-state index >= 15 is 0 Å². The number of benzene rings is 2. The van der Waals surface area contributed by atoms with Gasteiger partial charge < -0.3 is 9.47 Å². The van der Waals surface area contributed by atoms with E-state index in [1.54, 1.807) is 24.3 Å². The van der Waals surface area contributed by atoms with Crippen LogP contribution in [-0.2, 0) is 9.47 Å². The van der Waals surface area contributed by atoms with Gasteiger partial charge in [0.15, 0.2) is 0 Å². The molecule has 2 aromatic rings. The van der Waals surface area contributed by atoms with Gasteiger partial charge in [0.05, 0.1) is 24.3 Å². The smallest absolute Gasteiger partial charge is 0.339 e. The Morgan fingerprint density at radius 1 is 0.721 bits per heavy atom. The fourth-order valence-electron chi connectivity index (χ4n) is 4.60. The van der Waals surface area contributed by atoms with E-state index in [1.807, 2.05) is 24.3 Å². The maximum Gasteiger partial charge on any atom is 0.339 e. The highest BCUT2D eigenvalue weighted by Gasteiger charge is 2.18. The number of carbonyl (C=O) groups is 2. The Morgan fingerprint density at radius 2 is 1.23 bits per heavy atom. The van der Waals surface area contributed by atoms with Gasteiger partial charge in [-0.1, -0.05) is 127 Å². The zero-order valence-electron chi connectivity index (χ0n) is 26.1. The molecule has 0 saturated heterocycles. The molecule has 0 bridgehead atoms. The van der Waals surface area contributed by atoms with Crippen LogP contribution >= 0.6 is 25.3 Å². The molecule has 4 nitrogen and oxygen atoms in total. The maximum atomic E-state index is 12.4. The lowest BCUT2D eigenvalue weighted by atomic mass is 9.97. The van der Waals surface area contributed by atoms with Crippen molar-refractivity contribution < 1.29 is 19.1 Å². The van der Waals surface area contributed by atoms with Crippen LogP contribution in [0.3, 0.4) is 0 Å². The third kappa shape index (κ3) is 14.6. The van der Waals surface area contributed by atoms with Gasteiger partial charge in [0.1, 0.15) is 0 Å². The molecule has 0 N–H and O–H groups in total. The molecule has 0 saturated carbocycles. The number of hydrogen-bond acceptors (Lipinski definition) is 6. The second-order valence-electron chi connectivity index (χ2n) is 10.9. The third-order valence-electron chi connectivity index (χ3n) is 7.20. The molecule has 0 spiro atoms. The monoisotopic (exact) mass is 622 g/mol. The highest BCUT2D eigenvalue weighted by molar-refractivity contribution is 7.81. The fourth-order valence-corrected chi connectivity index (χ4v) is 5.07. The van der Waals surface area contributed by atoms with Gasteiger partial charge in [-0.2, -0.15) is 12.6 Å². The Bertz CT molecular complexity index is 1150. The molecule has 2 aromatic carbocycles. The Labute approximate surface area is 270 Å². The molecule has 6 heteroatoms. The Hall–Kier alpha value is -2.70. The predicted molar refractivity (Wildman–Crippen MR) is 186 cm³/mol. The van der Waals surface area contributed by atoms with Crippen molar-refractivity contribution in [2.75, 3.05) is 13.2 Å². The Morgan fingerprint density at radius 3 is 1.72 bits per heavy atom. The van der Waals surface area contributed by atoms with Crippen LogP contribution < -0.4 is 0 Å². The number of esters is 2. The number of carbonyl (C=O) groups excluding carboxylic acids is 2. The molecule has 1 aliphatic carbocycles. The highest BCUT2D eigenvalue weighted by atomic mass is 32.1. The van der Waals surface area contributed by atoms with Crippen LogP contribution in [0.2, 0.25) is 0 Å². The van der Waals surface area contributed by atoms with Crippen molar-refractivity contribution in [1.29, 1.82) is 0 Å². The third-order valence-corrected chi connectivity index (χ3v) is 7.96. The lowest BCUT2D eigenvalue weighted by Crippen LogP contribution is -2.15. The summed E-state index contributed by atoms with van der Waals surface area (Å²) < 4.78 is 10.7. The lowest BCUT2D eigenvalue weighted by Gasteiger charge is -2.14. The van der Waals surface area contributed by atoms with E-state index < -0.39 is 11.9 Å². The van der Waals surface area contributed by atoms with Crippen molar-refractivity contribution in [2.45, 2.75) is 101 Å². The first-order valence-corrected chi connectivity index (χ1v) is 16.8. The summed E-state index contributed by atoms with van der Waals surface area (Å²) in [4.78, 5) is 25.7. The maximum absolute atomic E-state index is 12.4. The summed E-state index contributed by atoms with van der Waals surface area (Å²) in [5.74, 6) is -0.888. The number of hydrogen-bond donors (Lipinski definition) is 2. The molecule has 1 unspecified atom stereocenters. The molecular weight excluding hydrogens is 573 g/mol. The van der Waals surface area contributed by atoms with E-state index in [-0.39, 0.29) is 5.25 Å². The minimum absolute atomic E-state index is 0.119. The normalized spacial score (nSPS) is 14.0. The summed E-state index contributed by atoms with van der Waals surface area (Å²) in [7, 11) is 0. The van der Waals surface area contributed by atoms with Crippen molar-refractivity contribution in [2.24, 2.45) is 0 Å². The summed E-state index contributed by atoms with van der Waals surface area (Å²) in [6.07, 6.45) is 19.8. The van der Waals surface area contributed by atoms with Crippen LogP contribution in [0.4, 0.5) is 0 Å². The summed E-state index contributed by atoms with van der Waals surface area (Å²) in [5, 5.41) is 0.119. The first kappa shape index (κ1) is 36.5. The zero-order chi connectivity index (χ0) is 31.3. The summed E-state index contributed by atoms with van der Waals surface area (Å²) in [6.45, 7) is 9.09. The van der Waals surface area contributed by atoms with Gasteiger partial charge in [-0.15, -0.1) is 12.6 Å². The first-order chi connectivity index (χ1) is 20.9. The number of allylic oxidation sites excluding steroid dienone is 3. The van der Waals surface area contributed by atoms with Crippen LogP contribution in [0.25, 0.3) is 5.57 Å². The number of unbranched alkanes of at least 4 members (excludes halogenated alkanes) is 10. The zero-order valence-corrected chi connectivity index (χ0v) is 27.9. The molecule has 0 radical (unpaired) electrons. The molecule has 234 valence electrons. The van der Waals surface area contributed by atoms with E-state index in [0.717, 1.165) is 36.2 Å². The van der Waals surface area contributed by atoms with Crippen LogP contribution in [-0.4, -0.2) is 30.4 Å². The minimum Gasteiger partial charge on any atom is -0.462 e. The first-order valence-electron chi connectivity index (χ1n) is 15.9. The standard InChI is InChI=1S/C24H38O4.C13H12S2/c1-3-5-7-9-11-15-19-27-23(25)21-17-13-14-18-22(21)24(26)28-20-16-12-10-8-6-4-2;1-9-5-6-11(8-13(9)15)10-3-2-4-12(14)7-10/h13-14,17-18H,3-12,15-16,19-20H2,1-2H3;2-8,13-15H,1H2. The van der Waals surface area contributed by atoms with Crippen molar-refractivity contribution in [3.05, 3.63) is 95.6 Å². The van der Waals surface area contributed by atoms with Gasteiger partial charge in [-0.25, -0.2) is 9.59 Å². The average molecular weight is 623 g/mol. The molecule has 0 aromatic heterocycles. The van der Waals surface area contributed by atoms with Crippen molar-refractivity contribution in [1.82, 2.24) is 0 Å². The molecule has 0 aliphatic heterocycles. The molecule has 1 aliphatic rings. The van der Waals surface area contributed by atoms with E-state index in [9.17, 15) is 9.59 Å². The average Bonchev–Trinajstić information content (AvgIpc) is 3.01. The summed E-state index contributed by atoms with van der Waals surface area (Å²) in [6, 6.07) is 14.8. The molecule has 0 heterocycles. The molecule has 1 atom stereocenters. The molecule has 3 rings (SSSR count). The van der Waals surface area contributed by atoms with Gasteiger partial charge in [0, 0.05) is 10.1 Å².